The van der Waals surface area contributed by atoms with Gasteiger partial charge in [0.2, 0.25) is 40.7 Å². The SMILES string of the molecule is CC(=O)NCSCC(NC(=O)OCC1c2ccccc2-c2ccccc21)C(=O)Oc1c(F)c(F)c(F)c(F)c1F. The Kier molecular flexibility index (Phi) is 8.93. The van der Waals surface area contributed by atoms with Gasteiger partial charge in [-0.2, -0.15) is 8.78 Å². The third-order valence-corrected chi connectivity index (χ3v) is 6.92. The fourth-order valence-corrected chi connectivity index (χ4v) is 5.00. The molecule has 1 aliphatic carbocycles. The first kappa shape index (κ1) is 28.9. The van der Waals surface area contributed by atoms with Gasteiger partial charge in [0.05, 0.1) is 5.88 Å². The lowest BCUT2D eigenvalue weighted by Gasteiger charge is -2.19. The fourth-order valence-electron chi connectivity index (χ4n) is 4.13. The molecule has 1 aliphatic rings. The molecule has 40 heavy (non-hydrogen) atoms. The number of nitrogens with one attached hydrogen (secondary N) is 2. The lowest BCUT2D eigenvalue weighted by Crippen LogP contribution is -2.45. The van der Waals surface area contributed by atoms with Crippen molar-refractivity contribution in [2.24, 2.45) is 0 Å². The molecule has 2 amide bonds. The average molecular weight is 581 g/mol. The lowest BCUT2D eigenvalue weighted by atomic mass is 9.98. The maximum atomic E-state index is 14.1. The van der Waals surface area contributed by atoms with E-state index in [0.29, 0.717) is 0 Å². The zero-order valence-electron chi connectivity index (χ0n) is 20.7. The summed E-state index contributed by atoms with van der Waals surface area (Å²) in [4.78, 5) is 36.5. The van der Waals surface area contributed by atoms with Gasteiger partial charge in [-0.15, -0.1) is 11.8 Å². The Balaban J connectivity index is 1.48. The largest absolute Gasteiger partial charge is 0.449 e. The summed E-state index contributed by atoms with van der Waals surface area (Å²) in [6, 6.07) is 13.5. The van der Waals surface area contributed by atoms with Crippen LogP contribution in [0.2, 0.25) is 0 Å². The van der Waals surface area contributed by atoms with E-state index in [-0.39, 0.29) is 24.2 Å². The van der Waals surface area contributed by atoms with Crippen molar-refractivity contribution >= 4 is 29.7 Å². The molecule has 0 saturated heterocycles. The first-order chi connectivity index (χ1) is 19.1. The molecule has 1 unspecified atom stereocenters. The summed E-state index contributed by atoms with van der Waals surface area (Å²) in [5.74, 6) is -16.1. The molecule has 7 nitrogen and oxygen atoms in total. The topological polar surface area (TPSA) is 93.7 Å². The van der Waals surface area contributed by atoms with Gasteiger partial charge < -0.3 is 20.1 Å². The number of esters is 1. The van der Waals surface area contributed by atoms with Gasteiger partial charge in [0.1, 0.15) is 12.6 Å². The number of benzene rings is 3. The van der Waals surface area contributed by atoms with Gasteiger partial charge in [0, 0.05) is 18.6 Å². The summed E-state index contributed by atoms with van der Waals surface area (Å²) in [5, 5.41) is 4.63. The maximum absolute atomic E-state index is 14.1. The zero-order chi connectivity index (χ0) is 29.0. The number of amides is 2. The van der Waals surface area contributed by atoms with Crippen molar-refractivity contribution in [1.29, 1.82) is 0 Å². The molecular weight excluding hydrogens is 559 g/mol. The number of rotatable bonds is 9. The number of fused-ring (bicyclic) bond motifs is 3. The molecule has 2 N–H and O–H groups in total. The number of thioether (sulfide) groups is 1. The molecule has 0 aromatic heterocycles. The van der Waals surface area contributed by atoms with Crippen molar-refractivity contribution in [3.05, 3.63) is 88.7 Å². The van der Waals surface area contributed by atoms with Crippen LogP contribution in [0.5, 0.6) is 5.75 Å². The summed E-state index contributed by atoms with van der Waals surface area (Å²) < 4.78 is 78.5. The van der Waals surface area contributed by atoms with Crippen LogP contribution in [0.15, 0.2) is 48.5 Å². The first-order valence-electron chi connectivity index (χ1n) is 11.8. The minimum Gasteiger partial charge on any atom is -0.449 e. The average Bonchev–Trinajstić information content (AvgIpc) is 3.27. The summed E-state index contributed by atoms with van der Waals surface area (Å²) in [5.41, 5.74) is 3.80. The van der Waals surface area contributed by atoms with Crippen LogP contribution in [0.3, 0.4) is 0 Å². The predicted molar refractivity (Wildman–Crippen MR) is 135 cm³/mol. The highest BCUT2D eigenvalue weighted by atomic mass is 32.2. The van der Waals surface area contributed by atoms with E-state index in [1.807, 2.05) is 48.5 Å². The van der Waals surface area contributed by atoms with Crippen molar-refractivity contribution in [2.75, 3.05) is 18.2 Å². The number of hydrogen-bond donors (Lipinski definition) is 2. The summed E-state index contributed by atoms with van der Waals surface area (Å²) >= 11 is 0.914. The summed E-state index contributed by atoms with van der Waals surface area (Å²) in [6.45, 7) is 1.11. The second-order valence-corrected chi connectivity index (χ2v) is 9.62. The van der Waals surface area contributed by atoms with Crippen LogP contribution in [-0.4, -0.2) is 42.2 Å². The minimum absolute atomic E-state index is 0.0198. The van der Waals surface area contributed by atoms with E-state index in [0.717, 1.165) is 34.0 Å². The van der Waals surface area contributed by atoms with Crippen molar-refractivity contribution in [3.63, 3.8) is 0 Å². The van der Waals surface area contributed by atoms with Crippen LogP contribution in [-0.2, 0) is 14.3 Å². The Labute approximate surface area is 229 Å². The maximum Gasteiger partial charge on any atom is 0.407 e. The molecular formula is C27H21F5N2O5S. The molecule has 0 radical (unpaired) electrons. The van der Waals surface area contributed by atoms with Crippen molar-refractivity contribution < 1.29 is 45.8 Å². The molecule has 1 atom stereocenters. The Bertz CT molecular complexity index is 1400. The van der Waals surface area contributed by atoms with E-state index in [1.165, 1.54) is 6.92 Å². The van der Waals surface area contributed by atoms with Gasteiger partial charge in [-0.25, -0.2) is 22.8 Å². The van der Waals surface area contributed by atoms with E-state index < -0.39 is 58.8 Å². The molecule has 3 aromatic rings. The van der Waals surface area contributed by atoms with Gasteiger partial charge >= 0.3 is 12.1 Å². The van der Waals surface area contributed by atoms with Crippen LogP contribution >= 0.6 is 11.8 Å². The number of alkyl carbamates (subject to hydrolysis) is 1. The predicted octanol–water partition coefficient (Wildman–Crippen LogP) is 5.02. The monoisotopic (exact) mass is 580 g/mol. The normalized spacial score (nSPS) is 12.8. The molecule has 0 aliphatic heterocycles. The number of carbonyl (C=O) groups is 3. The highest BCUT2D eigenvalue weighted by Gasteiger charge is 2.33. The van der Waals surface area contributed by atoms with Crippen molar-refractivity contribution in [3.8, 4) is 16.9 Å². The molecule has 4 rings (SSSR count). The van der Waals surface area contributed by atoms with Gasteiger partial charge in [-0.3, -0.25) is 4.79 Å². The Morgan fingerprint density at radius 1 is 0.850 bits per heavy atom. The third kappa shape index (κ3) is 6.03. The Morgan fingerprint density at radius 3 is 1.93 bits per heavy atom. The highest BCUT2D eigenvalue weighted by molar-refractivity contribution is 7.99. The number of ether oxygens (including phenoxy) is 2. The van der Waals surface area contributed by atoms with Gasteiger partial charge in [-0.1, -0.05) is 48.5 Å². The molecule has 0 spiro atoms. The van der Waals surface area contributed by atoms with Crippen LogP contribution in [0.25, 0.3) is 11.1 Å². The summed E-state index contributed by atoms with van der Waals surface area (Å²) in [6.07, 6.45) is -1.10. The second-order valence-electron chi connectivity index (χ2n) is 8.59. The van der Waals surface area contributed by atoms with E-state index >= 15 is 0 Å². The van der Waals surface area contributed by atoms with E-state index in [4.69, 9.17) is 4.74 Å². The van der Waals surface area contributed by atoms with E-state index in [1.54, 1.807) is 0 Å². The Hall–Kier alpha value is -4.13. The number of halogens is 5. The quantitative estimate of drug-likeness (QED) is 0.0703. The third-order valence-electron chi connectivity index (χ3n) is 6.00. The van der Waals surface area contributed by atoms with Crippen LogP contribution in [0, 0.1) is 29.1 Å². The number of hydrogen-bond acceptors (Lipinski definition) is 6. The summed E-state index contributed by atoms with van der Waals surface area (Å²) in [7, 11) is 0. The van der Waals surface area contributed by atoms with Gasteiger partial charge in [0.25, 0.3) is 0 Å². The molecule has 0 fully saturated rings. The second kappa shape index (κ2) is 12.4. The molecule has 0 bridgehead atoms. The van der Waals surface area contributed by atoms with Crippen molar-refractivity contribution in [1.82, 2.24) is 10.6 Å². The first-order valence-corrected chi connectivity index (χ1v) is 12.9. The standard InChI is InChI=1S/C27H21F5N2O5S/c1-13(35)33-12-40-11-19(26(36)39-25-23(31)21(29)20(28)22(30)24(25)32)34-27(37)38-10-18-16-8-4-2-6-14(16)15-7-3-5-9-17(15)18/h2-9,18-19H,10-12H2,1H3,(H,33,35)(H,34,37). The molecule has 210 valence electrons. The van der Waals surface area contributed by atoms with E-state index in [2.05, 4.69) is 15.4 Å². The Morgan fingerprint density at radius 2 is 1.38 bits per heavy atom. The molecule has 13 heteroatoms. The minimum atomic E-state index is -2.42. The molecule has 3 aromatic carbocycles. The smallest absolute Gasteiger partial charge is 0.407 e. The van der Waals surface area contributed by atoms with Gasteiger partial charge in [-0.05, 0) is 22.3 Å². The molecule has 0 saturated carbocycles. The van der Waals surface area contributed by atoms with Gasteiger partial charge in [0.15, 0.2) is 0 Å². The van der Waals surface area contributed by atoms with Crippen LogP contribution < -0.4 is 15.4 Å². The van der Waals surface area contributed by atoms with E-state index in [9.17, 15) is 36.3 Å². The lowest BCUT2D eigenvalue weighted by molar-refractivity contribution is -0.136. The highest BCUT2D eigenvalue weighted by Crippen LogP contribution is 2.44. The zero-order valence-corrected chi connectivity index (χ0v) is 21.6. The van der Waals surface area contributed by atoms with Crippen LogP contribution in [0.4, 0.5) is 26.7 Å². The number of carbonyl (C=O) groups excluding carboxylic acids is 3. The van der Waals surface area contributed by atoms with Crippen LogP contribution in [0.1, 0.15) is 24.0 Å². The molecule has 0 heterocycles. The van der Waals surface area contributed by atoms with Crippen molar-refractivity contribution in [2.45, 2.75) is 18.9 Å². The fraction of sp³-hybridized carbons (Fsp3) is 0.222.